The molecule has 1 aromatic heterocycles. The lowest BCUT2D eigenvalue weighted by atomic mass is 10.1. The summed E-state index contributed by atoms with van der Waals surface area (Å²) in [5, 5.41) is 3.21. The standard InChI is InChI=1S/C15H21N3O/c19-15(12-5-1-2-6-12)17-13-8-10-18(11-13)14-7-3-4-9-16-14/h3-4,7,9,12-13H,1-2,5-6,8,10-11H2,(H,17,19)/t13-/m0/s1. The molecule has 4 nitrogen and oxygen atoms in total. The molecule has 1 atom stereocenters. The Balaban J connectivity index is 1.53. The molecule has 102 valence electrons. The summed E-state index contributed by atoms with van der Waals surface area (Å²) in [5.74, 6) is 1.55. The molecule has 3 rings (SSSR count). The van der Waals surface area contributed by atoms with Crippen molar-refractivity contribution in [2.75, 3.05) is 18.0 Å². The highest BCUT2D eigenvalue weighted by atomic mass is 16.2. The lowest BCUT2D eigenvalue weighted by molar-refractivity contribution is -0.125. The molecule has 0 aromatic carbocycles. The van der Waals surface area contributed by atoms with Crippen molar-refractivity contribution < 1.29 is 4.79 Å². The Morgan fingerprint density at radius 1 is 1.26 bits per heavy atom. The third-order valence-electron chi connectivity index (χ3n) is 4.23. The minimum absolute atomic E-state index is 0.268. The van der Waals surface area contributed by atoms with Gasteiger partial charge in [0.25, 0.3) is 0 Å². The molecule has 0 bridgehead atoms. The molecule has 19 heavy (non-hydrogen) atoms. The van der Waals surface area contributed by atoms with E-state index in [0.29, 0.717) is 0 Å². The second kappa shape index (κ2) is 5.59. The van der Waals surface area contributed by atoms with E-state index in [9.17, 15) is 4.79 Å². The number of hydrogen-bond donors (Lipinski definition) is 1. The summed E-state index contributed by atoms with van der Waals surface area (Å²) in [6.07, 6.45) is 7.41. The van der Waals surface area contributed by atoms with E-state index >= 15 is 0 Å². The largest absolute Gasteiger partial charge is 0.354 e. The lowest BCUT2D eigenvalue weighted by Gasteiger charge is -2.19. The number of pyridine rings is 1. The molecule has 1 saturated carbocycles. The zero-order valence-corrected chi connectivity index (χ0v) is 11.2. The Morgan fingerprint density at radius 3 is 2.84 bits per heavy atom. The van der Waals surface area contributed by atoms with E-state index in [1.807, 2.05) is 24.4 Å². The van der Waals surface area contributed by atoms with E-state index in [0.717, 1.165) is 38.2 Å². The van der Waals surface area contributed by atoms with Gasteiger partial charge in [0.2, 0.25) is 5.91 Å². The summed E-state index contributed by atoms with van der Waals surface area (Å²) in [4.78, 5) is 18.7. The Morgan fingerprint density at radius 2 is 2.11 bits per heavy atom. The van der Waals surface area contributed by atoms with Crippen molar-refractivity contribution in [2.45, 2.75) is 38.1 Å². The third-order valence-corrected chi connectivity index (χ3v) is 4.23. The van der Waals surface area contributed by atoms with Gasteiger partial charge in [-0.15, -0.1) is 0 Å². The Bertz CT molecular complexity index is 428. The fourth-order valence-corrected chi connectivity index (χ4v) is 3.13. The Hall–Kier alpha value is -1.58. The maximum Gasteiger partial charge on any atom is 0.223 e. The number of carbonyl (C=O) groups excluding carboxylic acids is 1. The smallest absolute Gasteiger partial charge is 0.223 e. The van der Waals surface area contributed by atoms with Crippen LogP contribution < -0.4 is 10.2 Å². The SMILES string of the molecule is O=C(N[C@H]1CCN(c2ccccn2)C1)C1CCCC1. The van der Waals surface area contributed by atoms with E-state index in [2.05, 4.69) is 15.2 Å². The molecule has 2 aliphatic rings. The second-order valence-corrected chi connectivity index (χ2v) is 5.61. The highest BCUT2D eigenvalue weighted by Crippen LogP contribution is 2.25. The van der Waals surface area contributed by atoms with Gasteiger partial charge < -0.3 is 10.2 Å². The molecule has 4 heteroatoms. The monoisotopic (exact) mass is 259 g/mol. The predicted octanol–water partition coefficient (Wildman–Crippen LogP) is 1.97. The second-order valence-electron chi connectivity index (χ2n) is 5.61. The van der Waals surface area contributed by atoms with Crippen molar-refractivity contribution in [3.63, 3.8) is 0 Å². The van der Waals surface area contributed by atoms with Gasteiger partial charge in [0.1, 0.15) is 5.82 Å². The first-order valence-corrected chi connectivity index (χ1v) is 7.29. The number of nitrogens with one attached hydrogen (secondary N) is 1. The molecule has 1 aromatic rings. The first-order chi connectivity index (χ1) is 9.33. The van der Waals surface area contributed by atoms with Crippen LogP contribution in [0.25, 0.3) is 0 Å². The summed E-state index contributed by atoms with van der Waals surface area (Å²) >= 11 is 0. The topological polar surface area (TPSA) is 45.2 Å². The van der Waals surface area contributed by atoms with Gasteiger partial charge in [0, 0.05) is 31.2 Å². The highest BCUT2D eigenvalue weighted by Gasteiger charge is 2.28. The van der Waals surface area contributed by atoms with Crippen LogP contribution in [0.1, 0.15) is 32.1 Å². The summed E-state index contributed by atoms with van der Waals surface area (Å²) in [6.45, 7) is 1.86. The van der Waals surface area contributed by atoms with Gasteiger partial charge in [0.15, 0.2) is 0 Å². The fourth-order valence-electron chi connectivity index (χ4n) is 3.13. The molecule has 1 aliphatic carbocycles. The van der Waals surface area contributed by atoms with E-state index in [1.165, 1.54) is 12.8 Å². The molecule has 1 aliphatic heterocycles. The van der Waals surface area contributed by atoms with Gasteiger partial charge in [-0.3, -0.25) is 4.79 Å². The lowest BCUT2D eigenvalue weighted by Crippen LogP contribution is -2.40. The molecular formula is C15H21N3O. The fraction of sp³-hybridized carbons (Fsp3) is 0.600. The normalized spacial score (nSPS) is 23.8. The molecule has 0 spiro atoms. The number of nitrogens with zero attached hydrogens (tertiary/aromatic N) is 2. The summed E-state index contributed by atoms with van der Waals surface area (Å²) in [6, 6.07) is 6.25. The summed E-state index contributed by atoms with van der Waals surface area (Å²) in [7, 11) is 0. The summed E-state index contributed by atoms with van der Waals surface area (Å²) < 4.78 is 0. The van der Waals surface area contributed by atoms with Crippen LogP contribution in [-0.4, -0.2) is 30.0 Å². The zero-order valence-electron chi connectivity index (χ0n) is 11.2. The molecule has 0 unspecified atom stereocenters. The quantitative estimate of drug-likeness (QED) is 0.902. The van der Waals surface area contributed by atoms with E-state index < -0.39 is 0 Å². The van der Waals surface area contributed by atoms with Crippen LogP contribution in [0.3, 0.4) is 0 Å². The van der Waals surface area contributed by atoms with Crippen LogP contribution in [0, 0.1) is 5.92 Å². The maximum atomic E-state index is 12.1. The number of carbonyl (C=O) groups is 1. The highest BCUT2D eigenvalue weighted by molar-refractivity contribution is 5.79. The Kier molecular flexibility index (Phi) is 3.67. The van der Waals surface area contributed by atoms with Crippen molar-refractivity contribution in [2.24, 2.45) is 5.92 Å². The number of rotatable bonds is 3. The van der Waals surface area contributed by atoms with Crippen molar-refractivity contribution in [3.05, 3.63) is 24.4 Å². The van der Waals surface area contributed by atoms with Gasteiger partial charge in [-0.1, -0.05) is 18.9 Å². The minimum atomic E-state index is 0.268. The number of amides is 1. The third kappa shape index (κ3) is 2.88. The van der Waals surface area contributed by atoms with Crippen LogP contribution in [0.2, 0.25) is 0 Å². The van der Waals surface area contributed by atoms with Crippen LogP contribution in [-0.2, 0) is 4.79 Å². The molecule has 1 N–H and O–H groups in total. The molecule has 1 saturated heterocycles. The average molecular weight is 259 g/mol. The number of anilines is 1. The molecular weight excluding hydrogens is 238 g/mol. The van der Waals surface area contributed by atoms with Gasteiger partial charge in [0.05, 0.1) is 0 Å². The van der Waals surface area contributed by atoms with Gasteiger partial charge in [-0.2, -0.15) is 0 Å². The summed E-state index contributed by atoms with van der Waals surface area (Å²) in [5.41, 5.74) is 0. The van der Waals surface area contributed by atoms with Crippen molar-refractivity contribution in [1.29, 1.82) is 0 Å². The predicted molar refractivity (Wildman–Crippen MR) is 75.0 cm³/mol. The van der Waals surface area contributed by atoms with Gasteiger partial charge in [-0.25, -0.2) is 4.98 Å². The molecule has 1 amide bonds. The van der Waals surface area contributed by atoms with Crippen molar-refractivity contribution in [1.82, 2.24) is 10.3 Å². The molecule has 2 fully saturated rings. The molecule has 2 heterocycles. The first-order valence-electron chi connectivity index (χ1n) is 7.29. The van der Waals surface area contributed by atoms with Crippen molar-refractivity contribution >= 4 is 11.7 Å². The first kappa shape index (κ1) is 12.5. The number of aromatic nitrogens is 1. The van der Waals surface area contributed by atoms with Crippen LogP contribution in [0.4, 0.5) is 5.82 Å². The van der Waals surface area contributed by atoms with E-state index in [1.54, 1.807) is 0 Å². The average Bonchev–Trinajstić information content (AvgIpc) is 3.11. The molecule has 0 radical (unpaired) electrons. The van der Waals surface area contributed by atoms with Crippen LogP contribution in [0.15, 0.2) is 24.4 Å². The van der Waals surface area contributed by atoms with E-state index in [-0.39, 0.29) is 17.9 Å². The minimum Gasteiger partial charge on any atom is -0.354 e. The van der Waals surface area contributed by atoms with Crippen LogP contribution in [0.5, 0.6) is 0 Å². The van der Waals surface area contributed by atoms with Gasteiger partial charge in [-0.05, 0) is 31.4 Å². The van der Waals surface area contributed by atoms with E-state index in [4.69, 9.17) is 0 Å². The van der Waals surface area contributed by atoms with Crippen LogP contribution >= 0.6 is 0 Å². The van der Waals surface area contributed by atoms with Gasteiger partial charge >= 0.3 is 0 Å². The number of hydrogen-bond acceptors (Lipinski definition) is 3. The zero-order chi connectivity index (χ0) is 13.1. The maximum absolute atomic E-state index is 12.1. The van der Waals surface area contributed by atoms with Crippen molar-refractivity contribution in [3.8, 4) is 0 Å². The Labute approximate surface area is 114 Å².